The maximum absolute atomic E-state index is 12.8. The molecule has 30 heavy (non-hydrogen) atoms. The van der Waals surface area contributed by atoms with Crippen LogP contribution >= 0.6 is 11.6 Å². The van der Waals surface area contributed by atoms with E-state index in [1.54, 1.807) is 31.4 Å². The van der Waals surface area contributed by atoms with E-state index in [1.165, 1.54) is 0 Å². The molecule has 0 aliphatic carbocycles. The van der Waals surface area contributed by atoms with Crippen molar-refractivity contribution in [3.05, 3.63) is 52.0 Å². The molecule has 1 amide bonds. The number of carbonyl (C=O) groups is 2. The van der Waals surface area contributed by atoms with Crippen molar-refractivity contribution >= 4 is 23.3 Å². The molecule has 0 spiro atoms. The Bertz CT molecular complexity index is 1020. The summed E-state index contributed by atoms with van der Waals surface area (Å²) in [4.78, 5) is 25.6. The maximum atomic E-state index is 12.8. The highest BCUT2D eigenvalue weighted by atomic mass is 35.5. The summed E-state index contributed by atoms with van der Waals surface area (Å²) in [5, 5.41) is 3.32. The molecule has 7 heteroatoms. The van der Waals surface area contributed by atoms with Crippen molar-refractivity contribution in [1.29, 1.82) is 0 Å². The molecule has 6 nitrogen and oxygen atoms in total. The zero-order valence-electron chi connectivity index (χ0n) is 17.2. The number of hydrogen-bond acceptors (Lipinski definition) is 5. The number of ketones is 1. The van der Waals surface area contributed by atoms with Gasteiger partial charge in [0.2, 0.25) is 5.91 Å². The average Bonchev–Trinajstić information content (AvgIpc) is 3.04. The Labute approximate surface area is 180 Å². The van der Waals surface area contributed by atoms with Crippen molar-refractivity contribution < 1.29 is 23.8 Å². The molecule has 0 fully saturated rings. The Morgan fingerprint density at radius 3 is 2.83 bits per heavy atom. The third kappa shape index (κ3) is 3.97. The number of rotatable bonds is 5. The van der Waals surface area contributed by atoms with Gasteiger partial charge in [0.25, 0.3) is 0 Å². The minimum Gasteiger partial charge on any atom is -0.493 e. The molecule has 0 radical (unpaired) electrons. The Hall–Kier alpha value is -2.73. The first-order valence-corrected chi connectivity index (χ1v) is 10.3. The van der Waals surface area contributed by atoms with Gasteiger partial charge in [-0.2, -0.15) is 0 Å². The second-order valence-corrected chi connectivity index (χ2v) is 8.65. The van der Waals surface area contributed by atoms with Gasteiger partial charge >= 0.3 is 0 Å². The monoisotopic (exact) mass is 429 g/mol. The first kappa shape index (κ1) is 20.5. The van der Waals surface area contributed by atoms with E-state index in [4.69, 9.17) is 25.8 Å². The van der Waals surface area contributed by atoms with Crippen LogP contribution in [0, 0.1) is 0 Å². The van der Waals surface area contributed by atoms with E-state index in [-0.39, 0.29) is 23.8 Å². The van der Waals surface area contributed by atoms with Crippen LogP contribution in [0.15, 0.2) is 30.3 Å². The van der Waals surface area contributed by atoms with Crippen molar-refractivity contribution in [2.45, 2.75) is 38.2 Å². The van der Waals surface area contributed by atoms with E-state index >= 15 is 0 Å². The van der Waals surface area contributed by atoms with Gasteiger partial charge in [0, 0.05) is 28.1 Å². The van der Waals surface area contributed by atoms with Crippen LogP contribution in [0.3, 0.4) is 0 Å². The lowest BCUT2D eigenvalue weighted by Crippen LogP contribution is -2.35. The van der Waals surface area contributed by atoms with Crippen LogP contribution in [0.25, 0.3) is 0 Å². The van der Waals surface area contributed by atoms with E-state index in [2.05, 4.69) is 5.32 Å². The molecule has 0 saturated carbocycles. The van der Waals surface area contributed by atoms with Gasteiger partial charge in [-0.3, -0.25) is 9.59 Å². The number of hydrogen-bond donors (Lipinski definition) is 1. The lowest BCUT2D eigenvalue weighted by molar-refractivity contribution is -0.123. The molecule has 4 rings (SSSR count). The minimum atomic E-state index is -0.399. The van der Waals surface area contributed by atoms with Crippen LogP contribution in [0.2, 0.25) is 5.02 Å². The molecule has 2 aliphatic rings. The highest BCUT2D eigenvalue weighted by molar-refractivity contribution is 6.30. The minimum absolute atomic E-state index is 0.0989. The Balaban J connectivity index is 1.48. The first-order chi connectivity index (χ1) is 14.3. The topological polar surface area (TPSA) is 73.9 Å². The molecule has 0 saturated heterocycles. The van der Waals surface area contributed by atoms with E-state index in [1.807, 2.05) is 19.9 Å². The fourth-order valence-electron chi connectivity index (χ4n) is 4.02. The van der Waals surface area contributed by atoms with Crippen molar-refractivity contribution in [3.8, 4) is 17.2 Å². The number of Topliss-reactive ketones (excluding diaryl/α,β-unsaturated/α-hetero) is 1. The summed E-state index contributed by atoms with van der Waals surface area (Å²) in [6.07, 6.45) is 1.22. The van der Waals surface area contributed by atoms with Gasteiger partial charge in [-0.1, -0.05) is 11.6 Å². The first-order valence-electron chi connectivity index (χ1n) is 9.90. The van der Waals surface area contributed by atoms with Crippen molar-refractivity contribution in [1.82, 2.24) is 5.32 Å². The Morgan fingerprint density at radius 2 is 2.07 bits per heavy atom. The number of nitrogens with one attached hydrogen (secondary N) is 1. The fourth-order valence-corrected chi connectivity index (χ4v) is 4.20. The Morgan fingerprint density at radius 1 is 1.27 bits per heavy atom. The number of amides is 1. The number of halogens is 1. The second-order valence-electron chi connectivity index (χ2n) is 8.22. The van der Waals surface area contributed by atoms with Crippen LogP contribution in [0.5, 0.6) is 17.2 Å². The standard InChI is InChI=1S/C23H24ClNO5/c1-23(2)11-14-8-13(9-20(28-3)21(14)30-23)18(26)12-25-22(27)16-6-7-29-19-5-4-15(24)10-17(16)19/h4-5,8-10,16H,6-7,11-12H2,1-3H3,(H,25,27). The molecule has 1 N–H and O–H groups in total. The molecule has 2 aliphatic heterocycles. The third-order valence-corrected chi connectivity index (χ3v) is 5.65. The SMILES string of the molecule is COc1cc(C(=O)CNC(=O)C2CCOc3ccc(Cl)cc32)cc2c1OC(C)(C)C2. The highest BCUT2D eigenvalue weighted by Crippen LogP contribution is 2.42. The van der Waals surface area contributed by atoms with Crippen LogP contribution in [0.1, 0.15) is 47.7 Å². The molecule has 2 aromatic carbocycles. The summed E-state index contributed by atoms with van der Waals surface area (Å²) < 4.78 is 17.0. The zero-order valence-corrected chi connectivity index (χ0v) is 18.0. The summed E-state index contributed by atoms with van der Waals surface area (Å²) >= 11 is 6.09. The van der Waals surface area contributed by atoms with E-state index in [0.29, 0.717) is 47.3 Å². The molecule has 2 heterocycles. The molecule has 0 aromatic heterocycles. The average molecular weight is 430 g/mol. The summed E-state index contributed by atoms with van der Waals surface area (Å²) in [6, 6.07) is 8.73. The van der Waals surface area contributed by atoms with Crippen LogP contribution in [0.4, 0.5) is 0 Å². The van der Waals surface area contributed by atoms with Crippen molar-refractivity contribution in [2.75, 3.05) is 20.3 Å². The van der Waals surface area contributed by atoms with E-state index in [0.717, 1.165) is 11.1 Å². The van der Waals surface area contributed by atoms with Gasteiger partial charge in [-0.25, -0.2) is 0 Å². The number of methoxy groups -OCH3 is 1. The van der Waals surface area contributed by atoms with Gasteiger partial charge in [0.1, 0.15) is 11.4 Å². The molecular formula is C23H24ClNO5. The number of carbonyl (C=O) groups excluding carboxylic acids is 2. The highest BCUT2D eigenvalue weighted by Gasteiger charge is 2.34. The predicted molar refractivity (Wildman–Crippen MR) is 113 cm³/mol. The maximum Gasteiger partial charge on any atom is 0.228 e. The van der Waals surface area contributed by atoms with E-state index < -0.39 is 5.92 Å². The van der Waals surface area contributed by atoms with Crippen LogP contribution in [-0.4, -0.2) is 37.6 Å². The number of ether oxygens (including phenoxy) is 3. The summed E-state index contributed by atoms with van der Waals surface area (Å²) in [7, 11) is 1.55. The third-order valence-electron chi connectivity index (χ3n) is 5.42. The normalized spacial score (nSPS) is 18.5. The van der Waals surface area contributed by atoms with Crippen molar-refractivity contribution in [3.63, 3.8) is 0 Å². The summed E-state index contributed by atoms with van der Waals surface area (Å²) in [5.74, 6) is 1.06. The molecule has 0 bridgehead atoms. The molecular weight excluding hydrogens is 406 g/mol. The van der Waals surface area contributed by atoms with Gasteiger partial charge < -0.3 is 19.5 Å². The Kier molecular flexibility index (Phi) is 5.36. The quantitative estimate of drug-likeness (QED) is 0.729. The summed E-state index contributed by atoms with van der Waals surface area (Å²) in [6.45, 7) is 4.33. The molecule has 158 valence electrons. The zero-order chi connectivity index (χ0) is 21.5. The van der Waals surface area contributed by atoms with Gasteiger partial charge in [0.15, 0.2) is 17.3 Å². The van der Waals surface area contributed by atoms with Crippen molar-refractivity contribution in [2.24, 2.45) is 0 Å². The molecule has 1 unspecified atom stereocenters. The predicted octanol–water partition coefficient (Wildman–Crippen LogP) is 3.93. The second kappa shape index (κ2) is 7.84. The fraction of sp³-hybridized carbons (Fsp3) is 0.391. The smallest absolute Gasteiger partial charge is 0.228 e. The van der Waals surface area contributed by atoms with Crippen LogP contribution in [-0.2, 0) is 11.2 Å². The van der Waals surface area contributed by atoms with Crippen LogP contribution < -0.4 is 19.5 Å². The molecule has 2 aromatic rings. The van der Waals surface area contributed by atoms with Gasteiger partial charge in [-0.05, 0) is 50.6 Å². The largest absolute Gasteiger partial charge is 0.493 e. The van der Waals surface area contributed by atoms with E-state index in [9.17, 15) is 9.59 Å². The van der Waals surface area contributed by atoms with Gasteiger partial charge in [-0.15, -0.1) is 0 Å². The lowest BCUT2D eigenvalue weighted by atomic mass is 9.92. The number of fused-ring (bicyclic) bond motifs is 2. The lowest BCUT2D eigenvalue weighted by Gasteiger charge is -2.25. The van der Waals surface area contributed by atoms with Gasteiger partial charge in [0.05, 0.1) is 26.2 Å². The number of benzene rings is 2. The molecule has 1 atom stereocenters. The summed E-state index contributed by atoms with van der Waals surface area (Å²) in [5.41, 5.74) is 1.82.